The summed E-state index contributed by atoms with van der Waals surface area (Å²) in [6, 6.07) is 12.6. The first-order valence-corrected chi connectivity index (χ1v) is 10.1. The molecule has 0 aliphatic heterocycles. The molecule has 2 aromatic heterocycles. The van der Waals surface area contributed by atoms with Crippen LogP contribution in [0.15, 0.2) is 53.9 Å². The maximum Gasteiger partial charge on any atom is 0.250 e. The van der Waals surface area contributed by atoms with Crippen LogP contribution >= 0.6 is 34.5 Å². The van der Waals surface area contributed by atoms with Crippen molar-refractivity contribution in [2.24, 2.45) is 0 Å². The lowest BCUT2D eigenvalue weighted by atomic mass is 10.2. The fourth-order valence-electron chi connectivity index (χ4n) is 2.65. The van der Waals surface area contributed by atoms with Crippen molar-refractivity contribution in [1.82, 2.24) is 14.6 Å². The van der Waals surface area contributed by atoms with Crippen LogP contribution in [0.5, 0.6) is 5.75 Å². The van der Waals surface area contributed by atoms with Gasteiger partial charge in [0.05, 0.1) is 17.8 Å². The van der Waals surface area contributed by atoms with Crippen molar-refractivity contribution in [1.29, 1.82) is 0 Å². The number of hydrogen-bond acceptors (Lipinski definition) is 5. The number of halogens is 2. The van der Waals surface area contributed by atoms with Crippen molar-refractivity contribution in [3.05, 3.63) is 69.5 Å². The number of aromatic nitrogens is 3. The van der Waals surface area contributed by atoms with E-state index >= 15 is 0 Å². The SMILES string of the molecule is COc1ccc(/C=C/C(=O)Nc2nc3scc(-c4cc(Cl)ccc4Cl)n3n2)cc1. The predicted molar refractivity (Wildman–Crippen MR) is 117 cm³/mol. The average Bonchev–Trinajstić information content (AvgIpc) is 3.29. The summed E-state index contributed by atoms with van der Waals surface area (Å²) in [7, 11) is 1.60. The Labute approximate surface area is 180 Å². The summed E-state index contributed by atoms with van der Waals surface area (Å²) in [6.07, 6.45) is 3.12. The molecule has 0 bridgehead atoms. The van der Waals surface area contributed by atoms with E-state index in [0.717, 1.165) is 22.6 Å². The molecule has 1 amide bonds. The summed E-state index contributed by atoms with van der Waals surface area (Å²) < 4.78 is 6.74. The Morgan fingerprint density at radius 1 is 1.21 bits per heavy atom. The Balaban J connectivity index is 1.53. The number of carbonyl (C=O) groups excluding carboxylic acids is 1. The molecule has 29 heavy (non-hydrogen) atoms. The summed E-state index contributed by atoms with van der Waals surface area (Å²) in [5.74, 6) is 0.631. The fourth-order valence-corrected chi connectivity index (χ4v) is 3.86. The van der Waals surface area contributed by atoms with Gasteiger partial charge in [-0.15, -0.1) is 16.4 Å². The minimum Gasteiger partial charge on any atom is -0.497 e. The number of thiazole rings is 1. The number of methoxy groups -OCH3 is 1. The van der Waals surface area contributed by atoms with Gasteiger partial charge in [0.2, 0.25) is 4.96 Å². The lowest BCUT2D eigenvalue weighted by molar-refractivity contribution is -0.111. The fraction of sp³-hybridized carbons (Fsp3) is 0.0500. The van der Waals surface area contributed by atoms with Crippen molar-refractivity contribution in [3.63, 3.8) is 0 Å². The van der Waals surface area contributed by atoms with Crippen LogP contribution in [0.25, 0.3) is 22.3 Å². The zero-order chi connectivity index (χ0) is 20.4. The molecule has 0 fully saturated rings. The Morgan fingerprint density at radius 2 is 2.00 bits per heavy atom. The number of hydrogen-bond donors (Lipinski definition) is 1. The zero-order valence-corrected chi connectivity index (χ0v) is 17.4. The molecule has 2 heterocycles. The molecule has 0 saturated heterocycles. The summed E-state index contributed by atoms with van der Waals surface area (Å²) in [6.45, 7) is 0. The normalized spacial score (nSPS) is 11.3. The summed E-state index contributed by atoms with van der Waals surface area (Å²) in [5, 5.41) is 10.1. The third-order valence-corrected chi connectivity index (χ3v) is 5.44. The summed E-state index contributed by atoms with van der Waals surface area (Å²) in [5.41, 5.74) is 2.37. The largest absolute Gasteiger partial charge is 0.497 e. The number of anilines is 1. The molecule has 0 aliphatic rings. The molecule has 0 aliphatic carbocycles. The number of carbonyl (C=O) groups is 1. The average molecular weight is 445 g/mol. The van der Waals surface area contributed by atoms with E-state index in [-0.39, 0.29) is 11.9 Å². The smallest absolute Gasteiger partial charge is 0.250 e. The van der Waals surface area contributed by atoms with Crippen LogP contribution in [-0.4, -0.2) is 27.6 Å². The van der Waals surface area contributed by atoms with E-state index in [1.165, 1.54) is 17.4 Å². The monoisotopic (exact) mass is 444 g/mol. The maximum absolute atomic E-state index is 12.2. The first kappa shape index (κ1) is 19.4. The standard InChI is InChI=1S/C20H14Cl2N4O2S/c1-28-14-6-2-12(3-7-14)4-9-18(27)23-19-24-20-26(25-19)17(11-29-20)15-10-13(21)5-8-16(15)22/h2-11H,1H3,(H,23,25,27)/b9-4+. The van der Waals surface area contributed by atoms with E-state index in [2.05, 4.69) is 15.4 Å². The highest BCUT2D eigenvalue weighted by Gasteiger charge is 2.15. The molecule has 0 radical (unpaired) electrons. The van der Waals surface area contributed by atoms with Gasteiger partial charge in [-0.3, -0.25) is 10.1 Å². The molecule has 9 heteroatoms. The molecule has 1 N–H and O–H groups in total. The Hall–Kier alpha value is -2.87. The summed E-state index contributed by atoms with van der Waals surface area (Å²) >= 11 is 13.8. The lowest BCUT2D eigenvalue weighted by Gasteiger charge is -2.03. The number of benzene rings is 2. The van der Waals surface area contributed by atoms with Crippen molar-refractivity contribution in [2.75, 3.05) is 12.4 Å². The molecule has 4 rings (SSSR count). The first-order chi connectivity index (χ1) is 14.0. The number of nitrogens with zero attached hydrogens (tertiary/aromatic N) is 3. The molecule has 2 aromatic carbocycles. The Bertz CT molecular complexity index is 1220. The summed E-state index contributed by atoms with van der Waals surface area (Å²) in [4.78, 5) is 17.2. The quantitative estimate of drug-likeness (QED) is 0.417. The molecule has 0 spiro atoms. The van der Waals surface area contributed by atoms with E-state index in [1.54, 1.807) is 35.9 Å². The van der Waals surface area contributed by atoms with E-state index in [9.17, 15) is 4.79 Å². The van der Waals surface area contributed by atoms with Crippen LogP contribution in [0.4, 0.5) is 5.95 Å². The van der Waals surface area contributed by atoms with Gasteiger partial charge < -0.3 is 4.74 Å². The van der Waals surface area contributed by atoms with Crippen LogP contribution < -0.4 is 10.1 Å². The number of nitrogens with one attached hydrogen (secondary N) is 1. The van der Waals surface area contributed by atoms with E-state index in [0.29, 0.717) is 15.0 Å². The van der Waals surface area contributed by atoms with Crippen molar-refractivity contribution >= 4 is 57.4 Å². The number of amides is 1. The lowest BCUT2D eigenvalue weighted by Crippen LogP contribution is -2.09. The number of fused-ring (bicyclic) bond motifs is 1. The van der Waals surface area contributed by atoms with Crippen LogP contribution in [0.3, 0.4) is 0 Å². The third-order valence-electron chi connectivity index (χ3n) is 4.06. The highest BCUT2D eigenvalue weighted by molar-refractivity contribution is 7.15. The molecule has 0 saturated carbocycles. The Kier molecular flexibility index (Phi) is 5.53. The topological polar surface area (TPSA) is 68.5 Å². The van der Waals surface area contributed by atoms with Gasteiger partial charge in [0.25, 0.3) is 11.9 Å². The van der Waals surface area contributed by atoms with E-state index in [4.69, 9.17) is 27.9 Å². The second-order valence-corrected chi connectivity index (χ2v) is 7.65. The minimum absolute atomic E-state index is 0.209. The predicted octanol–water partition coefficient (Wildman–Crippen LogP) is 5.43. The van der Waals surface area contributed by atoms with Gasteiger partial charge in [-0.1, -0.05) is 35.3 Å². The van der Waals surface area contributed by atoms with Crippen LogP contribution in [0.1, 0.15) is 5.56 Å². The van der Waals surface area contributed by atoms with Gasteiger partial charge >= 0.3 is 0 Å². The molecule has 0 atom stereocenters. The highest BCUT2D eigenvalue weighted by Crippen LogP contribution is 2.33. The van der Waals surface area contributed by atoms with E-state index in [1.807, 2.05) is 29.6 Å². The number of rotatable bonds is 5. The van der Waals surface area contributed by atoms with Crippen LogP contribution in [-0.2, 0) is 4.79 Å². The van der Waals surface area contributed by atoms with Gasteiger partial charge in [0, 0.05) is 22.0 Å². The van der Waals surface area contributed by atoms with Crippen molar-refractivity contribution in [3.8, 4) is 17.0 Å². The van der Waals surface area contributed by atoms with Crippen LogP contribution in [0.2, 0.25) is 10.0 Å². The Morgan fingerprint density at radius 3 is 2.76 bits per heavy atom. The van der Waals surface area contributed by atoms with Gasteiger partial charge in [-0.25, -0.2) is 4.52 Å². The first-order valence-electron chi connectivity index (χ1n) is 8.46. The van der Waals surface area contributed by atoms with Gasteiger partial charge in [0.1, 0.15) is 5.75 Å². The zero-order valence-electron chi connectivity index (χ0n) is 15.1. The third kappa shape index (κ3) is 4.27. The van der Waals surface area contributed by atoms with Gasteiger partial charge in [0.15, 0.2) is 0 Å². The van der Waals surface area contributed by atoms with Gasteiger partial charge in [-0.05, 0) is 42.0 Å². The minimum atomic E-state index is -0.332. The van der Waals surface area contributed by atoms with Crippen molar-refractivity contribution < 1.29 is 9.53 Å². The van der Waals surface area contributed by atoms with E-state index < -0.39 is 0 Å². The molecular weight excluding hydrogens is 431 g/mol. The van der Waals surface area contributed by atoms with Crippen molar-refractivity contribution in [2.45, 2.75) is 0 Å². The molecule has 6 nitrogen and oxygen atoms in total. The molecule has 0 unspecified atom stereocenters. The highest BCUT2D eigenvalue weighted by atomic mass is 35.5. The second-order valence-electron chi connectivity index (χ2n) is 5.97. The van der Waals surface area contributed by atoms with Gasteiger partial charge in [-0.2, -0.15) is 4.98 Å². The number of ether oxygens (including phenoxy) is 1. The molecule has 146 valence electrons. The maximum atomic E-state index is 12.2. The molecule has 4 aromatic rings. The van der Waals surface area contributed by atoms with Crippen LogP contribution in [0, 0.1) is 0 Å². The molecular formula is C20H14Cl2N4O2S. The second kappa shape index (κ2) is 8.24.